The number of rotatable bonds is 8. The van der Waals surface area contributed by atoms with Crippen LogP contribution in [0.3, 0.4) is 0 Å². The van der Waals surface area contributed by atoms with E-state index in [9.17, 15) is 4.79 Å². The fourth-order valence-corrected chi connectivity index (χ4v) is 4.92. The molecule has 6 heteroatoms. The largest absolute Gasteiger partial charge is 0.487 e. The van der Waals surface area contributed by atoms with Gasteiger partial charge in [-0.3, -0.25) is 4.79 Å². The van der Waals surface area contributed by atoms with Gasteiger partial charge in [-0.1, -0.05) is 26.8 Å². The summed E-state index contributed by atoms with van der Waals surface area (Å²) < 4.78 is 24.6. The van der Waals surface area contributed by atoms with E-state index in [0.29, 0.717) is 11.5 Å². The number of ether oxygens (including phenoxy) is 3. The third kappa shape index (κ3) is 4.64. The molecule has 0 amide bonds. The Morgan fingerprint density at radius 1 is 1.10 bits per heavy atom. The molecule has 0 saturated heterocycles. The quantitative estimate of drug-likeness (QED) is 0.379. The maximum atomic E-state index is 13.7. The van der Waals surface area contributed by atoms with Crippen molar-refractivity contribution in [2.45, 2.75) is 110 Å². The molecule has 0 aromatic heterocycles. The van der Waals surface area contributed by atoms with Crippen LogP contribution in [0.15, 0.2) is 23.2 Å². The Hall–Kier alpha value is -1.11. The normalized spacial score (nSPS) is 26.0. The maximum absolute atomic E-state index is 13.7. The van der Waals surface area contributed by atoms with E-state index in [0.717, 1.165) is 24.8 Å². The molecule has 0 spiro atoms. The molecule has 0 bridgehead atoms. The van der Waals surface area contributed by atoms with Crippen LogP contribution in [-0.4, -0.2) is 45.1 Å². The molecule has 2 aliphatic carbocycles. The van der Waals surface area contributed by atoms with Crippen LogP contribution in [0, 0.1) is 0 Å². The van der Waals surface area contributed by atoms with Crippen molar-refractivity contribution in [3.8, 4) is 0 Å². The maximum Gasteiger partial charge on any atom is 0.244 e. The monoisotopic (exact) mass is 424 g/mol. The Labute approximate surface area is 177 Å². The first-order valence-corrected chi connectivity index (χ1v) is 13.7. The van der Waals surface area contributed by atoms with Crippen LogP contribution in [0.1, 0.15) is 67.7 Å². The van der Waals surface area contributed by atoms with Crippen molar-refractivity contribution < 1.29 is 23.4 Å². The first-order valence-electron chi connectivity index (χ1n) is 10.8. The second-order valence-corrected chi connectivity index (χ2v) is 14.9. The van der Waals surface area contributed by atoms with E-state index >= 15 is 0 Å². The Balaban J connectivity index is 2.65. The van der Waals surface area contributed by atoms with E-state index < -0.39 is 13.9 Å². The summed E-state index contributed by atoms with van der Waals surface area (Å²) in [5.41, 5.74) is -0.230. The topological polar surface area (TPSA) is 54.0 Å². The fraction of sp³-hybridized carbons (Fsp3) is 0.783. The molecule has 0 radical (unpaired) electrons. The highest BCUT2D eigenvalue weighted by Gasteiger charge is 2.64. The second kappa shape index (κ2) is 8.56. The van der Waals surface area contributed by atoms with Crippen molar-refractivity contribution in [3.05, 3.63) is 23.2 Å². The molecule has 0 saturated carbocycles. The van der Waals surface area contributed by atoms with E-state index in [2.05, 4.69) is 39.9 Å². The Kier molecular flexibility index (Phi) is 7.13. The third-order valence-corrected chi connectivity index (χ3v) is 10.5. The molecule has 166 valence electrons. The third-order valence-electron chi connectivity index (χ3n) is 6.05. The first kappa shape index (κ1) is 24.2. The summed E-state index contributed by atoms with van der Waals surface area (Å²) >= 11 is 0. The van der Waals surface area contributed by atoms with Crippen molar-refractivity contribution in [2.75, 3.05) is 7.11 Å². The summed E-state index contributed by atoms with van der Waals surface area (Å²) in [5.74, 6) is 0.738. The average Bonchev–Trinajstić information content (AvgIpc) is 2.61. The lowest BCUT2D eigenvalue weighted by atomic mass is 9.73. The van der Waals surface area contributed by atoms with Crippen LogP contribution in [-0.2, 0) is 23.4 Å². The minimum absolute atomic E-state index is 0.0122. The second-order valence-electron chi connectivity index (χ2n) is 10.2. The van der Waals surface area contributed by atoms with Gasteiger partial charge in [-0.25, -0.2) is 0 Å². The van der Waals surface area contributed by atoms with Gasteiger partial charge in [0.15, 0.2) is 14.1 Å². The molecule has 29 heavy (non-hydrogen) atoms. The lowest BCUT2D eigenvalue weighted by Crippen LogP contribution is -2.62. The Bertz CT molecular complexity index is 684. The van der Waals surface area contributed by atoms with E-state index in [-0.39, 0.29) is 29.1 Å². The average molecular weight is 425 g/mol. The van der Waals surface area contributed by atoms with Crippen LogP contribution in [0.4, 0.5) is 0 Å². The van der Waals surface area contributed by atoms with Crippen molar-refractivity contribution in [1.82, 2.24) is 0 Å². The summed E-state index contributed by atoms with van der Waals surface area (Å²) in [6.45, 7) is 18.7. The van der Waals surface area contributed by atoms with Gasteiger partial charge in [0.25, 0.3) is 0 Å². The molecule has 2 atom stereocenters. The summed E-state index contributed by atoms with van der Waals surface area (Å²) in [6, 6.07) is 0. The predicted octanol–water partition coefficient (Wildman–Crippen LogP) is 5.52. The van der Waals surface area contributed by atoms with Gasteiger partial charge in [0, 0.05) is 7.11 Å². The molecule has 0 heterocycles. The number of carbonyl (C=O) groups excluding carboxylic acids is 1. The zero-order valence-electron chi connectivity index (χ0n) is 20.0. The van der Waals surface area contributed by atoms with Crippen LogP contribution in [0.5, 0.6) is 0 Å². The van der Waals surface area contributed by atoms with Crippen molar-refractivity contribution >= 4 is 14.1 Å². The molecule has 0 aliphatic heterocycles. The van der Waals surface area contributed by atoms with Crippen LogP contribution in [0.25, 0.3) is 0 Å². The summed E-state index contributed by atoms with van der Waals surface area (Å²) in [5, 5.41) is -0.0479. The molecular formula is C23H40O5Si. The summed E-state index contributed by atoms with van der Waals surface area (Å²) in [6.07, 6.45) is 4.55. The zero-order valence-corrected chi connectivity index (χ0v) is 21.0. The summed E-state index contributed by atoms with van der Waals surface area (Å²) in [4.78, 5) is 13.7. The number of ketones is 1. The first-order chi connectivity index (χ1) is 13.3. The number of hydrogen-bond donors (Lipinski definition) is 0. The minimum atomic E-state index is -2.30. The van der Waals surface area contributed by atoms with E-state index in [1.807, 2.05) is 27.7 Å². The van der Waals surface area contributed by atoms with E-state index in [4.69, 9.17) is 18.6 Å². The van der Waals surface area contributed by atoms with Gasteiger partial charge in [-0.15, -0.1) is 0 Å². The lowest BCUT2D eigenvalue weighted by molar-refractivity contribution is -0.144. The van der Waals surface area contributed by atoms with Gasteiger partial charge in [0.1, 0.15) is 0 Å². The number of methoxy groups -OCH3 is 1. The molecule has 2 aliphatic rings. The van der Waals surface area contributed by atoms with Gasteiger partial charge >= 0.3 is 0 Å². The molecule has 0 aromatic rings. The number of carbonyl (C=O) groups is 1. The zero-order chi connectivity index (χ0) is 22.2. The highest BCUT2D eigenvalue weighted by Crippen LogP contribution is 2.52. The SMILES string of the molecule is CO[C@H]1C=C([C@]2(O[Si](C)(C)C(C)(C)C)C(=O)C(OC(C)C)=C2OC(C)C)CCC1. The van der Waals surface area contributed by atoms with Crippen molar-refractivity contribution in [2.24, 2.45) is 0 Å². The van der Waals surface area contributed by atoms with Crippen molar-refractivity contribution in [3.63, 3.8) is 0 Å². The predicted molar refractivity (Wildman–Crippen MR) is 118 cm³/mol. The van der Waals surface area contributed by atoms with Gasteiger partial charge in [0.05, 0.1) is 18.3 Å². The highest BCUT2D eigenvalue weighted by atomic mass is 28.4. The number of hydrogen-bond acceptors (Lipinski definition) is 5. The molecule has 0 N–H and O–H groups in total. The smallest absolute Gasteiger partial charge is 0.244 e. The van der Waals surface area contributed by atoms with Crippen LogP contribution in [0.2, 0.25) is 18.1 Å². The molecule has 0 aromatic carbocycles. The van der Waals surface area contributed by atoms with Gasteiger partial charge in [-0.05, 0) is 70.7 Å². The summed E-state index contributed by atoms with van der Waals surface area (Å²) in [7, 11) is -0.592. The molecule has 2 rings (SSSR count). The number of Topliss-reactive ketones (excluding diaryl/α,β-unsaturated/α-hetero) is 1. The Morgan fingerprint density at radius 2 is 1.69 bits per heavy atom. The molecule has 0 unspecified atom stereocenters. The fourth-order valence-electron chi connectivity index (χ4n) is 3.53. The van der Waals surface area contributed by atoms with Crippen molar-refractivity contribution in [1.29, 1.82) is 0 Å². The lowest BCUT2D eigenvalue weighted by Gasteiger charge is -2.51. The molecule has 0 fully saturated rings. The van der Waals surface area contributed by atoms with E-state index in [1.165, 1.54) is 0 Å². The molecule has 5 nitrogen and oxygen atoms in total. The molecular weight excluding hydrogens is 384 g/mol. The van der Waals surface area contributed by atoms with Gasteiger partial charge in [0.2, 0.25) is 17.1 Å². The Morgan fingerprint density at radius 3 is 2.17 bits per heavy atom. The van der Waals surface area contributed by atoms with Crippen LogP contribution >= 0.6 is 0 Å². The van der Waals surface area contributed by atoms with Crippen LogP contribution < -0.4 is 0 Å². The van der Waals surface area contributed by atoms with Gasteiger partial charge < -0.3 is 18.6 Å². The highest BCUT2D eigenvalue weighted by molar-refractivity contribution is 6.74. The van der Waals surface area contributed by atoms with Gasteiger partial charge in [-0.2, -0.15) is 0 Å². The van der Waals surface area contributed by atoms with E-state index in [1.54, 1.807) is 7.11 Å². The minimum Gasteiger partial charge on any atom is -0.487 e. The standard InChI is InChI=1S/C23H40O5Si/c1-15(2)26-19-20(24)23(21(19)27-16(3)4,28-29(9,10)22(5,6)7)17-12-11-13-18(14-17)25-8/h14-16,18H,11-13H2,1-10H3/t18-,23+/m1/s1.